The van der Waals surface area contributed by atoms with Crippen LogP contribution < -0.4 is 22.5 Å². The molecule has 4 atom stereocenters. The van der Waals surface area contributed by atoms with Gasteiger partial charge in [0.2, 0.25) is 17.7 Å². The van der Waals surface area contributed by atoms with Gasteiger partial charge in [0.05, 0.1) is 24.5 Å². The summed E-state index contributed by atoms with van der Waals surface area (Å²) < 4.78 is 0. The molecule has 1 unspecified atom stereocenters. The molecule has 1 heterocycles. The molecule has 2 rings (SSSR count). The number of hydrogen-bond acceptors (Lipinski definition) is 8. The highest BCUT2D eigenvalue weighted by Gasteiger charge is 2.41. The van der Waals surface area contributed by atoms with Crippen LogP contribution in [0.4, 0.5) is 0 Å². The van der Waals surface area contributed by atoms with Gasteiger partial charge in [0.1, 0.15) is 11.8 Å². The van der Waals surface area contributed by atoms with Gasteiger partial charge in [-0.1, -0.05) is 12.1 Å². The van der Waals surface area contributed by atoms with Gasteiger partial charge in [0.15, 0.2) is 11.6 Å². The van der Waals surface area contributed by atoms with Gasteiger partial charge in [-0.3, -0.25) is 24.0 Å². The Hall–Kier alpha value is -3.31. The van der Waals surface area contributed by atoms with Crippen LogP contribution in [-0.4, -0.2) is 70.0 Å². The Balaban J connectivity index is 2.08. The van der Waals surface area contributed by atoms with Crippen molar-refractivity contribution in [3.05, 3.63) is 29.8 Å². The lowest BCUT2D eigenvalue weighted by Crippen LogP contribution is -2.57. The van der Waals surface area contributed by atoms with E-state index >= 15 is 0 Å². The molecule has 0 bridgehead atoms. The molecule has 1 aliphatic heterocycles. The number of Topliss-reactive ketones (excluding diaryl/α,β-unsaturated/α-hetero) is 2. The smallest absolute Gasteiger partial charge is 0.240 e. The number of nitrogens with two attached hydrogens (primary N) is 3. The summed E-state index contributed by atoms with van der Waals surface area (Å²) in [6.07, 6.45) is 0.563. The van der Waals surface area contributed by atoms with Crippen LogP contribution in [0, 0.1) is 0 Å². The number of benzene rings is 1. The van der Waals surface area contributed by atoms with Crippen molar-refractivity contribution < 1.29 is 29.1 Å². The zero-order valence-corrected chi connectivity index (χ0v) is 17.8. The number of aromatic hydroxyl groups is 1. The number of carbonyl (C=O) groups excluding carboxylic acids is 5. The molecule has 1 aliphatic rings. The Morgan fingerprint density at radius 3 is 2.31 bits per heavy atom. The lowest BCUT2D eigenvalue weighted by molar-refractivity contribution is -0.142. The normalized spacial score (nSPS) is 18.5. The van der Waals surface area contributed by atoms with E-state index in [1.54, 1.807) is 12.1 Å². The number of ketones is 2. The minimum absolute atomic E-state index is 0.0697. The maximum atomic E-state index is 13.1. The van der Waals surface area contributed by atoms with Crippen molar-refractivity contribution in [3.8, 4) is 5.75 Å². The second-order valence-electron chi connectivity index (χ2n) is 7.90. The highest BCUT2D eigenvalue weighted by atomic mass is 16.3. The van der Waals surface area contributed by atoms with Crippen LogP contribution in [0.15, 0.2) is 24.3 Å². The van der Waals surface area contributed by atoms with E-state index in [0.717, 1.165) is 6.92 Å². The predicted octanol–water partition coefficient (Wildman–Crippen LogP) is -1.90. The predicted molar refractivity (Wildman–Crippen MR) is 114 cm³/mol. The first kappa shape index (κ1) is 25.0. The molecule has 0 aromatic heterocycles. The Labute approximate surface area is 185 Å². The van der Waals surface area contributed by atoms with E-state index in [1.165, 1.54) is 17.0 Å². The summed E-state index contributed by atoms with van der Waals surface area (Å²) >= 11 is 0. The average molecular weight is 447 g/mol. The van der Waals surface area contributed by atoms with Crippen LogP contribution in [0.2, 0.25) is 0 Å². The van der Waals surface area contributed by atoms with Crippen molar-refractivity contribution >= 4 is 29.3 Å². The summed E-state index contributed by atoms with van der Waals surface area (Å²) in [4.78, 5) is 62.6. The van der Waals surface area contributed by atoms with E-state index in [0.29, 0.717) is 18.4 Å². The molecule has 8 N–H and O–H groups in total. The summed E-state index contributed by atoms with van der Waals surface area (Å²) in [6.45, 7) is 1.40. The number of rotatable bonds is 10. The van der Waals surface area contributed by atoms with Crippen LogP contribution in [0.5, 0.6) is 5.75 Å². The van der Waals surface area contributed by atoms with Crippen molar-refractivity contribution in [1.29, 1.82) is 0 Å². The Morgan fingerprint density at radius 2 is 1.75 bits per heavy atom. The van der Waals surface area contributed by atoms with Gasteiger partial charge in [-0.25, -0.2) is 0 Å². The molecule has 0 spiro atoms. The van der Waals surface area contributed by atoms with E-state index in [9.17, 15) is 29.1 Å². The third-order valence-electron chi connectivity index (χ3n) is 5.31. The molecular formula is C21H29N5O6. The highest BCUT2D eigenvalue weighted by Crippen LogP contribution is 2.21. The standard InChI is InChI=1S/C21H29N5O6/c1-11(27)18(25-20(31)14(22)9-12-4-6-13(28)7-5-12)19(30)16-3-2-8-26(16)21(32)15(23)10-17(24)29/h4-7,14-16,18,28H,2-3,8-10,22-23H2,1H3,(H2,24,29)(H,25,31)/t14-,15-,16-,18?/m0/s1. The van der Waals surface area contributed by atoms with E-state index in [-0.39, 0.29) is 25.1 Å². The topological polar surface area (TPSA) is 199 Å². The van der Waals surface area contributed by atoms with Crippen LogP contribution in [0.1, 0.15) is 31.7 Å². The fourth-order valence-electron chi connectivity index (χ4n) is 3.64. The molecule has 3 amide bonds. The van der Waals surface area contributed by atoms with Gasteiger partial charge in [0.25, 0.3) is 0 Å². The number of carbonyl (C=O) groups is 5. The van der Waals surface area contributed by atoms with Crippen LogP contribution in [0.3, 0.4) is 0 Å². The number of hydrogen-bond donors (Lipinski definition) is 5. The molecule has 174 valence electrons. The fourth-order valence-corrected chi connectivity index (χ4v) is 3.64. The van der Waals surface area contributed by atoms with Gasteiger partial charge in [-0.15, -0.1) is 0 Å². The Kier molecular flexibility index (Phi) is 8.44. The molecule has 1 saturated heterocycles. The molecule has 1 fully saturated rings. The van der Waals surface area contributed by atoms with Crippen molar-refractivity contribution in [2.24, 2.45) is 17.2 Å². The first-order chi connectivity index (χ1) is 15.0. The number of primary amides is 1. The summed E-state index contributed by atoms with van der Waals surface area (Å²) in [7, 11) is 0. The molecule has 0 radical (unpaired) electrons. The number of amides is 3. The number of likely N-dealkylation sites (tertiary alicyclic amines) is 1. The zero-order chi connectivity index (χ0) is 24.0. The number of nitrogens with one attached hydrogen (secondary N) is 1. The molecule has 1 aromatic rings. The number of nitrogens with zero attached hydrogens (tertiary/aromatic N) is 1. The summed E-state index contributed by atoms with van der Waals surface area (Å²) in [5.41, 5.74) is 17.4. The van der Waals surface area contributed by atoms with E-state index < -0.39 is 53.5 Å². The quantitative estimate of drug-likeness (QED) is 0.256. The van der Waals surface area contributed by atoms with Gasteiger partial charge < -0.3 is 32.5 Å². The zero-order valence-electron chi connectivity index (χ0n) is 17.8. The third-order valence-corrected chi connectivity index (χ3v) is 5.31. The molecule has 11 nitrogen and oxygen atoms in total. The van der Waals surface area contributed by atoms with Crippen molar-refractivity contribution in [3.63, 3.8) is 0 Å². The first-order valence-electron chi connectivity index (χ1n) is 10.2. The van der Waals surface area contributed by atoms with Crippen molar-refractivity contribution in [2.45, 2.75) is 56.8 Å². The summed E-state index contributed by atoms with van der Waals surface area (Å²) in [6, 6.07) is 1.46. The summed E-state index contributed by atoms with van der Waals surface area (Å²) in [5.74, 6) is -3.23. The largest absolute Gasteiger partial charge is 0.508 e. The summed E-state index contributed by atoms with van der Waals surface area (Å²) in [5, 5.41) is 11.7. The van der Waals surface area contributed by atoms with Gasteiger partial charge in [0, 0.05) is 6.54 Å². The van der Waals surface area contributed by atoms with Crippen LogP contribution >= 0.6 is 0 Å². The second-order valence-corrected chi connectivity index (χ2v) is 7.90. The first-order valence-corrected chi connectivity index (χ1v) is 10.2. The van der Waals surface area contributed by atoms with Crippen LogP contribution in [0.25, 0.3) is 0 Å². The number of phenols is 1. The fraction of sp³-hybridized carbons (Fsp3) is 0.476. The lowest BCUT2D eigenvalue weighted by Gasteiger charge is -2.29. The SMILES string of the molecule is CC(=O)C(NC(=O)[C@@H](N)Cc1ccc(O)cc1)C(=O)[C@@H]1CCCN1C(=O)[C@@H](N)CC(N)=O. The lowest BCUT2D eigenvalue weighted by atomic mass is 9.98. The third kappa shape index (κ3) is 6.34. The monoisotopic (exact) mass is 447 g/mol. The van der Waals surface area contributed by atoms with Gasteiger partial charge in [-0.2, -0.15) is 0 Å². The number of phenolic OH excluding ortho intramolecular Hbond substituents is 1. The van der Waals surface area contributed by atoms with Crippen molar-refractivity contribution in [1.82, 2.24) is 10.2 Å². The van der Waals surface area contributed by atoms with E-state index in [4.69, 9.17) is 17.2 Å². The minimum Gasteiger partial charge on any atom is -0.508 e. The van der Waals surface area contributed by atoms with E-state index in [1.807, 2.05) is 0 Å². The van der Waals surface area contributed by atoms with Crippen LogP contribution in [-0.2, 0) is 30.4 Å². The Morgan fingerprint density at radius 1 is 1.12 bits per heavy atom. The maximum Gasteiger partial charge on any atom is 0.240 e. The van der Waals surface area contributed by atoms with Gasteiger partial charge in [-0.05, 0) is 43.9 Å². The molecule has 0 saturated carbocycles. The minimum atomic E-state index is -1.47. The molecule has 11 heteroatoms. The maximum absolute atomic E-state index is 13.1. The highest BCUT2D eigenvalue weighted by molar-refractivity contribution is 6.11. The molecule has 1 aromatic carbocycles. The van der Waals surface area contributed by atoms with Crippen molar-refractivity contribution in [2.75, 3.05) is 6.54 Å². The van der Waals surface area contributed by atoms with E-state index in [2.05, 4.69) is 5.32 Å². The van der Waals surface area contributed by atoms with Gasteiger partial charge >= 0.3 is 0 Å². The Bertz CT molecular complexity index is 887. The average Bonchev–Trinajstić information content (AvgIpc) is 3.21. The molecule has 32 heavy (non-hydrogen) atoms. The molecule has 0 aliphatic carbocycles. The molecular weight excluding hydrogens is 418 g/mol. The second kappa shape index (κ2) is 10.8.